The number of carbonyl (C=O) groups is 2. The van der Waals surface area contributed by atoms with E-state index < -0.39 is 8.29 Å². The van der Waals surface area contributed by atoms with Crippen molar-refractivity contribution in [2.24, 2.45) is 0 Å². The second kappa shape index (κ2) is 5.23. The maximum absolute atomic E-state index is 12.1. The van der Waals surface area contributed by atoms with Crippen LogP contribution in [0, 0.1) is 0 Å². The van der Waals surface area contributed by atoms with E-state index >= 15 is 0 Å². The van der Waals surface area contributed by atoms with E-state index in [-0.39, 0.29) is 11.6 Å². The Kier molecular flexibility index (Phi) is 5.15. The van der Waals surface area contributed by atoms with E-state index in [0.29, 0.717) is 22.0 Å². The van der Waals surface area contributed by atoms with Crippen molar-refractivity contribution in [2.75, 3.05) is 23.0 Å². The average Bonchev–Trinajstić information content (AvgIpc) is 2.26. The van der Waals surface area contributed by atoms with Gasteiger partial charge in [-0.05, 0) is 35.9 Å². The summed E-state index contributed by atoms with van der Waals surface area (Å²) in [6, 6.07) is 0. The van der Waals surface area contributed by atoms with Crippen molar-refractivity contribution in [3.05, 3.63) is 0 Å². The lowest BCUT2D eigenvalue weighted by atomic mass is 10.5. The topological polar surface area (TPSA) is 34.1 Å². The predicted molar refractivity (Wildman–Crippen MR) is 90.0 cm³/mol. The molecule has 0 spiro atoms. The van der Waals surface area contributed by atoms with Gasteiger partial charge in [0.05, 0.1) is 0 Å². The molecule has 0 N–H and O–H groups in total. The van der Waals surface area contributed by atoms with Crippen molar-refractivity contribution in [2.45, 2.75) is 65.9 Å². The van der Waals surface area contributed by atoms with Gasteiger partial charge in [0.1, 0.15) is 11.6 Å². The predicted octanol–water partition coefficient (Wildman–Crippen LogP) is 3.90. The molecule has 0 aliphatic heterocycles. The summed E-state index contributed by atoms with van der Waals surface area (Å²) in [7, 11) is -2.77. The van der Waals surface area contributed by atoms with Gasteiger partial charge in [-0.25, -0.2) is 0 Å². The van der Waals surface area contributed by atoms with Crippen LogP contribution in [-0.2, 0) is 9.59 Å². The minimum absolute atomic E-state index is 0.244. The summed E-state index contributed by atoms with van der Waals surface area (Å²) in [5, 5.41) is 0.783. The molecule has 0 aromatic carbocycles. The van der Waals surface area contributed by atoms with E-state index in [1.54, 1.807) is 13.8 Å². The number of ketones is 2. The van der Waals surface area contributed by atoms with Gasteiger partial charge in [-0.2, -0.15) is 0 Å². The summed E-state index contributed by atoms with van der Waals surface area (Å²) in [5.74, 6) is 3.67. The Balaban J connectivity index is 6.62. The lowest BCUT2D eigenvalue weighted by Crippen LogP contribution is -2.61. The lowest BCUT2D eigenvalue weighted by molar-refractivity contribution is -0.115. The Bertz CT molecular complexity index is 342. The fourth-order valence-corrected chi connectivity index (χ4v) is 13.6. The van der Waals surface area contributed by atoms with E-state index in [2.05, 4.69) is 41.5 Å². The summed E-state index contributed by atoms with van der Waals surface area (Å²) < 4.78 is 0. The zero-order chi connectivity index (χ0) is 15.5. The van der Waals surface area contributed by atoms with Crippen molar-refractivity contribution in [1.29, 1.82) is 0 Å². The molecule has 0 saturated carbocycles. The van der Waals surface area contributed by atoms with E-state index in [9.17, 15) is 9.59 Å². The van der Waals surface area contributed by atoms with Gasteiger partial charge in [0.2, 0.25) is 0 Å². The summed E-state index contributed by atoms with van der Waals surface area (Å²) in [5.41, 5.74) is 0. The molecule has 0 aliphatic carbocycles. The SMILES string of the molecule is CCS(CC)(CC(C)=O)(CC(C)=O)(C(C)C)C(C)C. The zero-order valence-electron chi connectivity index (χ0n) is 14.2. The van der Waals surface area contributed by atoms with Crippen LogP contribution in [0.3, 0.4) is 0 Å². The first-order valence-electron chi connectivity index (χ1n) is 7.47. The quantitative estimate of drug-likeness (QED) is 0.679. The van der Waals surface area contributed by atoms with Crippen molar-refractivity contribution in [1.82, 2.24) is 0 Å². The monoisotopic (exact) mass is 290 g/mol. The van der Waals surface area contributed by atoms with Crippen LogP contribution in [-0.4, -0.2) is 45.1 Å². The van der Waals surface area contributed by atoms with Gasteiger partial charge in [-0.1, -0.05) is 41.5 Å². The molecule has 0 unspecified atom stereocenters. The highest BCUT2D eigenvalue weighted by atomic mass is 32.4. The maximum atomic E-state index is 12.1. The Labute approximate surface area is 119 Å². The first kappa shape index (κ1) is 18.7. The second-order valence-corrected chi connectivity index (χ2v) is 16.1. The van der Waals surface area contributed by atoms with Crippen LogP contribution < -0.4 is 0 Å². The number of Topliss-reactive ketones (excluding diaryl/α,β-unsaturated/α-hetero) is 2. The Hall–Kier alpha value is -0.310. The largest absolute Gasteiger partial charge is 0.299 e. The van der Waals surface area contributed by atoms with E-state index in [4.69, 9.17) is 0 Å². The van der Waals surface area contributed by atoms with Crippen LogP contribution in [0.2, 0.25) is 0 Å². The van der Waals surface area contributed by atoms with Crippen LogP contribution in [0.15, 0.2) is 0 Å². The standard InChI is InChI=1S/C16H34O2S/c1-9-19(10-2,13(3)4,14(5)6,11-15(7)17)12-16(8)18/h13-14H,9-12H2,1-8H3. The summed E-state index contributed by atoms with van der Waals surface area (Å²) in [6.07, 6.45) is 0. The Morgan fingerprint density at radius 2 is 1.05 bits per heavy atom. The molecular weight excluding hydrogens is 256 g/mol. The molecule has 0 bridgehead atoms. The highest BCUT2D eigenvalue weighted by Gasteiger charge is 2.63. The van der Waals surface area contributed by atoms with E-state index in [0.717, 1.165) is 11.5 Å². The minimum atomic E-state index is -2.77. The zero-order valence-corrected chi connectivity index (χ0v) is 15.0. The van der Waals surface area contributed by atoms with Crippen LogP contribution in [0.25, 0.3) is 0 Å². The number of rotatable bonds is 8. The van der Waals surface area contributed by atoms with E-state index in [1.807, 2.05) is 0 Å². The second-order valence-electron chi connectivity index (χ2n) is 7.06. The minimum Gasteiger partial charge on any atom is -0.299 e. The van der Waals surface area contributed by atoms with Crippen molar-refractivity contribution < 1.29 is 9.59 Å². The molecule has 0 aromatic rings. The third-order valence-electron chi connectivity index (χ3n) is 6.45. The van der Waals surface area contributed by atoms with Crippen molar-refractivity contribution >= 4 is 19.9 Å². The van der Waals surface area contributed by atoms with Crippen LogP contribution >= 0.6 is 8.29 Å². The Morgan fingerprint density at radius 3 is 1.16 bits per heavy atom. The molecule has 0 atom stereocenters. The molecule has 0 fully saturated rings. The molecule has 116 valence electrons. The molecule has 2 nitrogen and oxygen atoms in total. The van der Waals surface area contributed by atoms with Gasteiger partial charge in [0.15, 0.2) is 0 Å². The van der Waals surface area contributed by atoms with Gasteiger partial charge in [0, 0.05) is 11.5 Å². The smallest absolute Gasteiger partial charge is 0.136 e. The van der Waals surface area contributed by atoms with Gasteiger partial charge in [-0.3, -0.25) is 17.9 Å². The van der Waals surface area contributed by atoms with Crippen LogP contribution in [0.4, 0.5) is 0 Å². The molecule has 19 heavy (non-hydrogen) atoms. The Morgan fingerprint density at radius 1 is 0.789 bits per heavy atom. The van der Waals surface area contributed by atoms with Crippen molar-refractivity contribution in [3.8, 4) is 0 Å². The molecule has 0 aliphatic rings. The summed E-state index contributed by atoms with van der Waals surface area (Å²) in [4.78, 5) is 24.2. The first-order chi connectivity index (χ1) is 8.48. The third-order valence-corrected chi connectivity index (χ3v) is 19.4. The highest BCUT2D eigenvalue weighted by Crippen LogP contribution is 2.93. The van der Waals surface area contributed by atoms with Gasteiger partial charge in [-0.15, -0.1) is 0 Å². The van der Waals surface area contributed by atoms with Gasteiger partial charge >= 0.3 is 0 Å². The normalized spacial score (nSPS) is 16.3. The maximum Gasteiger partial charge on any atom is 0.136 e. The molecule has 0 saturated heterocycles. The molecule has 0 amide bonds. The number of hydrogen-bond donors (Lipinski definition) is 0. The molecule has 3 heteroatoms. The first-order valence-corrected chi connectivity index (χ1v) is 10.7. The lowest BCUT2D eigenvalue weighted by Gasteiger charge is -2.84. The van der Waals surface area contributed by atoms with Crippen molar-refractivity contribution in [3.63, 3.8) is 0 Å². The van der Waals surface area contributed by atoms with Gasteiger partial charge < -0.3 is 0 Å². The fourth-order valence-electron chi connectivity index (χ4n) is 4.54. The molecule has 0 rings (SSSR count). The van der Waals surface area contributed by atoms with Gasteiger partial charge in [0.25, 0.3) is 0 Å². The number of carbonyl (C=O) groups excluding carboxylic acids is 2. The highest BCUT2D eigenvalue weighted by molar-refractivity contribution is 8.66. The molecule has 0 radical (unpaired) electrons. The molecular formula is C16H34O2S. The van der Waals surface area contributed by atoms with Crippen LogP contribution in [0.5, 0.6) is 0 Å². The molecule has 0 aromatic heterocycles. The average molecular weight is 291 g/mol. The third kappa shape index (κ3) is 2.28. The summed E-state index contributed by atoms with van der Waals surface area (Å²) in [6.45, 7) is 16.7. The fraction of sp³-hybridized carbons (Fsp3) is 0.875. The van der Waals surface area contributed by atoms with E-state index in [1.165, 1.54) is 0 Å². The van der Waals surface area contributed by atoms with Crippen LogP contribution in [0.1, 0.15) is 55.4 Å². The summed E-state index contributed by atoms with van der Waals surface area (Å²) >= 11 is 0. The molecule has 0 heterocycles. The number of hydrogen-bond acceptors (Lipinski definition) is 2.